The Kier molecular flexibility index (Phi) is 6.18. The molecule has 2 spiro atoms. The maximum absolute atomic E-state index is 14.2. The highest BCUT2D eigenvalue weighted by atomic mass is 16.6. The van der Waals surface area contributed by atoms with E-state index in [9.17, 15) is 24.9 Å². The van der Waals surface area contributed by atoms with Crippen molar-refractivity contribution in [2.45, 2.75) is 77.5 Å². The van der Waals surface area contributed by atoms with Crippen molar-refractivity contribution in [2.75, 3.05) is 32.1 Å². The molecule has 3 aliphatic heterocycles. The standard InChI is InChI=1S/C32H44N2O6/c1-17-11-19(3)26-22(12-17)32(27(38)33-26)31(25(37)15-40-28(31)39)20(14-34(32)6)13-21-18(2)7-8-23-29(21,4)10-9-24(36)30(23,5)16-35/h11-12,20-21,23-25,35-37H,2,7-10,13-16H2,1,3-6H3,(H,33,38)/t20?,21-,23+,24-,25-,29+,30+,31-,32+/m1/s1. The number of nitrogens with zero attached hydrogens (tertiary/aromatic N) is 1. The average molecular weight is 553 g/mol. The highest BCUT2D eigenvalue weighted by molar-refractivity contribution is 6.11. The number of carbonyl (C=O) groups is 2. The maximum atomic E-state index is 14.2. The number of carbonyl (C=O) groups excluding carboxylic acids is 2. The minimum absolute atomic E-state index is 0.00108. The lowest BCUT2D eigenvalue weighted by Crippen LogP contribution is -2.62. The number of aliphatic hydroxyl groups excluding tert-OH is 3. The van der Waals surface area contributed by atoms with Gasteiger partial charge < -0.3 is 25.4 Å². The molecule has 2 saturated heterocycles. The van der Waals surface area contributed by atoms with Gasteiger partial charge in [0.1, 0.15) is 23.7 Å². The fourth-order valence-corrected chi connectivity index (χ4v) is 10.3. The molecule has 1 amide bonds. The molecule has 4 fully saturated rings. The van der Waals surface area contributed by atoms with Gasteiger partial charge in [0.2, 0.25) is 0 Å². The van der Waals surface area contributed by atoms with Crippen LogP contribution in [0.4, 0.5) is 5.69 Å². The molecule has 0 bridgehead atoms. The van der Waals surface area contributed by atoms with Gasteiger partial charge in [-0.1, -0.05) is 43.7 Å². The number of hydrogen-bond donors (Lipinski definition) is 4. The second kappa shape index (κ2) is 8.87. The Morgan fingerprint density at radius 2 is 1.88 bits per heavy atom. The molecule has 1 aromatic rings. The van der Waals surface area contributed by atoms with Crippen molar-refractivity contribution < 1.29 is 29.6 Å². The zero-order valence-corrected chi connectivity index (χ0v) is 24.4. The molecule has 6 rings (SSSR count). The molecule has 1 unspecified atom stereocenters. The van der Waals surface area contributed by atoms with Gasteiger partial charge in [-0.3, -0.25) is 14.5 Å². The molecule has 8 nitrogen and oxygen atoms in total. The molecule has 1 aromatic carbocycles. The van der Waals surface area contributed by atoms with E-state index in [-0.39, 0.29) is 42.3 Å². The second-order valence-corrected chi connectivity index (χ2v) is 14.0. The fourth-order valence-electron chi connectivity index (χ4n) is 10.3. The van der Waals surface area contributed by atoms with Crippen molar-refractivity contribution >= 4 is 17.6 Å². The van der Waals surface area contributed by atoms with Crippen molar-refractivity contribution in [1.29, 1.82) is 0 Å². The van der Waals surface area contributed by atoms with E-state index in [1.165, 1.54) is 0 Å². The highest BCUT2D eigenvalue weighted by Gasteiger charge is 2.79. The van der Waals surface area contributed by atoms with Crippen molar-refractivity contribution in [2.24, 2.45) is 34.0 Å². The molecular formula is C32H44N2O6. The lowest BCUT2D eigenvalue weighted by molar-refractivity contribution is -0.165. The van der Waals surface area contributed by atoms with Gasteiger partial charge in [-0.2, -0.15) is 0 Å². The number of fused-ring (bicyclic) bond motifs is 4. The third-order valence-corrected chi connectivity index (χ3v) is 12.2. The quantitative estimate of drug-likeness (QED) is 0.336. The number of allylic oxidation sites excluding steroid dienone is 1. The lowest BCUT2D eigenvalue weighted by Gasteiger charge is -2.60. The highest BCUT2D eigenvalue weighted by Crippen LogP contribution is 2.67. The van der Waals surface area contributed by atoms with Gasteiger partial charge in [0.25, 0.3) is 5.91 Å². The summed E-state index contributed by atoms with van der Waals surface area (Å²) in [6.45, 7) is 12.9. The third kappa shape index (κ3) is 3.11. The normalized spacial score (nSPS) is 44.7. The van der Waals surface area contributed by atoms with Crippen LogP contribution in [0.15, 0.2) is 24.3 Å². The van der Waals surface area contributed by atoms with E-state index < -0.39 is 34.5 Å². The topological polar surface area (TPSA) is 119 Å². The predicted molar refractivity (Wildman–Crippen MR) is 150 cm³/mol. The fraction of sp³-hybridized carbons (Fsp3) is 0.688. The van der Waals surface area contributed by atoms with Crippen LogP contribution < -0.4 is 5.32 Å². The number of ether oxygens (including phenoxy) is 1. The van der Waals surface area contributed by atoms with E-state index in [0.29, 0.717) is 25.1 Å². The zero-order chi connectivity index (χ0) is 29.0. The van der Waals surface area contributed by atoms with Crippen molar-refractivity contribution in [3.05, 3.63) is 41.0 Å². The van der Waals surface area contributed by atoms with Crippen LogP contribution in [0.1, 0.15) is 62.6 Å². The van der Waals surface area contributed by atoms with Crippen LogP contribution in [0.2, 0.25) is 0 Å². The van der Waals surface area contributed by atoms with Gasteiger partial charge in [0.05, 0.1) is 12.7 Å². The van der Waals surface area contributed by atoms with Gasteiger partial charge in [0, 0.05) is 23.2 Å². The number of rotatable bonds is 3. The van der Waals surface area contributed by atoms with Gasteiger partial charge in [-0.05, 0) is 81.7 Å². The number of benzene rings is 1. The molecule has 9 atom stereocenters. The number of anilines is 1. The summed E-state index contributed by atoms with van der Waals surface area (Å²) < 4.78 is 5.62. The van der Waals surface area contributed by atoms with Crippen LogP contribution >= 0.6 is 0 Å². The number of amides is 1. The summed E-state index contributed by atoms with van der Waals surface area (Å²) in [4.78, 5) is 30.2. The smallest absolute Gasteiger partial charge is 0.318 e. The molecule has 3 heterocycles. The first-order chi connectivity index (χ1) is 18.8. The van der Waals surface area contributed by atoms with Crippen LogP contribution in [0.25, 0.3) is 0 Å². The van der Waals surface area contributed by atoms with E-state index in [2.05, 4.69) is 18.8 Å². The predicted octanol–water partition coefficient (Wildman–Crippen LogP) is 3.05. The number of likely N-dealkylation sites (N-methyl/N-ethyl adjacent to an activating group) is 1. The van der Waals surface area contributed by atoms with Crippen LogP contribution in [-0.2, 0) is 19.9 Å². The Morgan fingerprint density at radius 1 is 1.15 bits per heavy atom. The van der Waals surface area contributed by atoms with E-state index in [1.54, 1.807) is 0 Å². The lowest BCUT2D eigenvalue weighted by atomic mass is 9.45. The Hall–Kier alpha value is -2.26. The van der Waals surface area contributed by atoms with E-state index >= 15 is 0 Å². The molecule has 2 aliphatic carbocycles. The summed E-state index contributed by atoms with van der Waals surface area (Å²) in [5.41, 5.74) is 0.721. The van der Waals surface area contributed by atoms with Crippen LogP contribution in [-0.4, -0.2) is 71.1 Å². The number of hydrogen-bond acceptors (Lipinski definition) is 7. The minimum atomic E-state index is -1.48. The number of nitrogens with one attached hydrogen (secondary N) is 1. The van der Waals surface area contributed by atoms with Crippen LogP contribution in [0.3, 0.4) is 0 Å². The van der Waals surface area contributed by atoms with Gasteiger partial charge >= 0.3 is 5.97 Å². The van der Waals surface area contributed by atoms with Gasteiger partial charge in [-0.25, -0.2) is 0 Å². The molecule has 0 aromatic heterocycles. The average Bonchev–Trinajstić information content (AvgIpc) is 3.47. The van der Waals surface area contributed by atoms with E-state index in [0.717, 1.165) is 41.5 Å². The maximum Gasteiger partial charge on any atom is 0.318 e. The first-order valence-corrected chi connectivity index (χ1v) is 14.8. The van der Waals surface area contributed by atoms with Crippen LogP contribution in [0.5, 0.6) is 0 Å². The Bertz CT molecular complexity index is 1300. The largest absolute Gasteiger partial charge is 0.462 e. The van der Waals surface area contributed by atoms with Crippen LogP contribution in [0, 0.1) is 47.8 Å². The first kappa shape index (κ1) is 27.9. The summed E-state index contributed by atoms with van der Waals surface area (Å²) >= 11 is 0. The van der Waals surface area contributed by atoms with Gasteiger partial charge in [-0.15, -0.1) is 0 Å². The van der Waals surface area contributed by atoms with Crippen molar-refractivity contribution in [3.63, 3.8) is 0 Å². The van der Waals surface area contributed by atoms with Crippen molar-refractivity contribution in [1.82, 2.24) is 4.90 Å². The Morgan fingerprint density at radius 3 is 2.52 bits per heavy atom. The molecule has 2 saturated carbocycles. The SMILES string of the molecule is C=C1CC[C@@H]2[C@](C)(CO)[C@H](O)CC[C@@]2(C)[C@@H]1CC1CN(C)[C@@]2(C(=O)Nc3c(C)cc(C)cc32)[C@]12C(=O)OC[C@H]2O. The third-order valence-electron chi connectivity index (χ3n) is 12.2. The van der Waals surface area contributed by atoms with Gasteiger partial charge in [0.15, 0.2) is 0 Å². The molecule has 5 aliphatic rings. The molecule has 8 heteroatoms. The summed E-state index contributed by atoms with van der Waals surface area (Å²) in [5.74, 6) is -1.10. The monoisotopic (exact) mass is 552 g/mol. The molecule has 0 radical (unpaired) electrons. The number of esters is 1. The molecule has 218 valence electrons. The number of aryl methyl sites for hydroxylation is 2. The molecule has 4 N–H and O–H groups in total. The summed E-state index contributed by atoms with van der Waals surface area (Å²) in [6, 6.07) is 3.99. The number of aliphatic hydroxyl groups is 3. The van der Waals surface area contributed by atoms with E-state index in [1.807, 2.05) is 44.9 Å². The summed E-state index contributed by atoms with van der Waals surface area (Å²) in [6.07, 6.45) is 1.84. The summed E-state index contributed by atoms with van der Waals surface area (Å²) in [5, 5.41) is 36.3. The first-order valence-electron chi connectivity index (χ1n) is 14.8. The Balaban J connectivity index is 1.49. The summed E-state index contributed by atoms with van der Waals surface area (Å²) in [7, 11) is 1.88. The Labute approximate surface area is 236 Å². The number of likely N-dealkylation sites (tertiary alicyclic amines) is 1. The van der Waals surface area contributed by atoms with Crippen molar-refractivity contribution in [3.8, 4) is 0 Å². The second-order valence-electron chi connectivity index (χ2n) is 14.0. The van der Waals surface area contributed by atoms with E-state index in [4.69, 9.17) is 4.74 Å². The zero-order valence-electron chi connectivity index (χ0n) is 24.4. The minimum Gasteiger partial charge on any atom is -0.462 e. The molecular weight excluding hydrogens is 508 g/mol. The number of cyclic esters (lactones) is 1. The molecule has 40 heavy (non-hydrogen) atoms.